The third-order valence-electron chi connectivity index (χ3n) is 3.44. The molecule has 1 aromatic heterocycles. The van der Waals surface area contributed by atoms with Gasteiger partial charge in [-0.3, -0.25) is 4.72 Å². The molecule has 2 rings (SSSR count). The van der Waals surface area contributed by atoms with Gasteiger partial charge in [-0.05, 0) is 50.5 Å². The van der Waals surface area contributed by atoms with Crippen molar-refractivity contribution in [3.05, 3.63) is 47.2 Å². The van der Waals surface area contributed by atoms with Gasteiger partial charge in [0.25, 0.3) is 0 Å². The highest BCUT2D eigenvalue weighted by Gasteiger charge is 2.10. The molecular weight excluding hydrogens is 310 g/mol. The Labute approximate surface area is 138 Å². The van der Waals surface area contributed by atoms with Crippen molar-refractivity contribution in [2.75, 3.05) is 15.8 Å². The van der Waals surface area contributed by atoms with Crippen molar-refractivity contribution in [1.29, 1.82) is 0 Å². The summed E-state index contributed by atoms with van der Waals surface area (Å²) in [7, 11) is -3.31. The number of rotatable bonds is 6. The Hall–Kier alpha value is -2.08. The lowest BCUT2D eigenvalue weighted by atomic mass is 10.1. The molecule has 1 heterocycles. The summed E-state index contributed by atoms with van der Waals surface area (Å²) in [5.74, 6) is 0.428. The molecule has 0 aliphatic heterocycles. The molecule has 0 spiro atoms. The highest BCUT2D eigenvalue weighted by atomic mass is 32.2. The summed E-state index contributed by atoms with van der Waals surface area (Å²) in [6.07, 6.45) is 2.20. The standard InChI is InChI=1S/C17H23N3O2S/c1-5-8-23(21,22)20-16-7-6-15(11-18-16)19-17-13(3)9-12(2)10-14(17)4/h6-7,9-11,19H,5,8H2,1-4H3,(H,18,20). The summed E-state index contributed by atoms with van der Waals surface area (Å²) in [6, 6.07) is 7.72. The van der Waals surface area contributed by atoms with Crippen LogP contribution in [0.4, 0.5) is 17.2 Å². The van der Waals surface area contributed by atoms with Crippen molar-refractivity contribution in [1.82, 2.24) is 4.98 Å². The number of nitrogens with zero attached hydrogens (tertiary/aromatic N) is 1. The maximum absolute atomic E-state index is 11.7. The number of hydrogen-bond acceptors (Lipinski definition) is 4. The van der Waals surface area contributed by atoms with Crippen LogP contribution in [0.3, 0.4) is 0 Å². The van der Waals surface area contributed by atoms with E-state index in [4.69, 9.17) is 0 Å². The molecule has 124 valence electrons. The number of aryl methyl sites for hydroxylation is 3. The van der Waals surface area contributed by atoms with E-state index < -0.39 is 10.0 Å². The topological polar surface area (TPSA) is 71.1 Å². The largest absolute Gasteiger partial charge is 0.354 e. The third-order valence-corrected chi connectivity index (χ3v) is 4.91. The first-order chi connectivity index (χ1) is 10.8. The Bertz CT molecular complexity index is 761. The minimum Gasteiger partial charge on any atom is -0.354 e. The second-order valence-corrected chi connectivity index (χ2v) is 7.59. The normalized spacial score (nSPS) is 11.3. The number of pyridine rings is 1. The zero-order chi connectivity index (χ0) is 17.0. The summed E-state index contributed by atoms with van der Waals surface area (Å²) >= 11 is 0. The Morgan fingerprint density at radius 2 is 1.74 bits per heavy atom. The third kappa shape index (κ3) is 4.69. The van der Waals surface area contributed by atoms with Gasteiger partial charge in [-0.25, -0.2) is 13.4 Å². The van der Waals surface area contributed by atoms with Gasteiger partial charge in [0, 0.05) is 5.69 Å². The molecule has 0 bridgehead atoms. The van der Waals surface area contributed by atoms with Crippen molar-refractivity contribution in [2.45, 2.75) is 34.1 Å². The van der Waals surface area contributed by atoms with E-state index in [1.165, 1.54) is 5.56 Å². The smallest absolute Gasteiger partial charge is 0.233 e. The maximum Gasteiger partial charge on any atom is 0.233 e. The average molecular weight is 333 g/mol. The molecule has 0 aliphatic carbocycles. The predicted octanol–water partition coefficient (Wildman–Crippen LogP) is 3.90. The number of anilines is 3. The van der Waals surface area contributed by atoms with E-state index in [0.29, 0.717) is 12.2 Å². The number of hydrogen-bond donors (Lipinski definition) is 2. The van der Waals surface area contributed by atoms with Crippen LogP contribution in [0.25, 0.3) is 0 Å². The molecule has 23 heavy (non-hydrogen) atoms. The molecule has 1 aromatic carbocycles. The quantitative estimate of drug-likeness (QED) is 0.841. The molecule has 0 aliphatic rings. The van der Waals surface area contributed by atoms with Crippen LogP contribution in [-0.4, -0.2) is 19.2 Å². The van der Waals surface area contributed by atoms with Gasteiger partial charge in [0.2, 0.25) is 10.0 Å². The average Bonchev–Trinajstić information content (AvgIpc) is 2.44. The van der Waals surface area contributed by atoms with Crippen molar-refractivity contribution >= 4 is 27.2 Å². The molecule has 0 amide bonds. The fourth-order valence-corrected chi connectivity index (χ4v) is 3.61. The predicted molar refractivity (Wildman–Crippen MR) is 95.9 cm³/mol. The fourth-order valence-electron chi connectivity index (χ4n) is 2.53. The van der Waals surface area contributed by atoms with Gasteiger partial charge in [-0.2, -0.15) is 0 Å². The minimum absolute atomic E-state index is 0.0937. The lowest BCUT2D eigenvalue weighted by molar-refractivity contribution is 0.599. The van der Waals surface area contributed by atoms with Crippen molar-refractivity contribution in [2.24, 2.45) is 0 Å². The molecular formula is C17H23N3O2S. The van der Waals surface area contributed by atoms with E-state index in [2.05, 4.69) is 47.9 Å². The first-order valence-electron chi connectivity index (χ1n) is 7.62. The van der Waals surface area contributed by atoms with Gasteiger partial charge < -0.3 is 5.32 Å². The zero-order valence-electron chi connectivity index (χ0n) is 14.0. The molecule has 5 nitrogen and oxygen atoms in total. The molecule has 2 aromatic rings. The van der Waals surface area contributed by atoms with Crippen LogP contribution in [0.2, 0.25) is 0 Å². The Kier molecular flexibility index (Phi) is 5.26. The van der Waals surface area contributed by atoms with Crippen LogP contribution in [-0.2, 0) is 10.0 Å². The van der Waals surface area contributed by atoms with E-state index in [0.717, 1.165) is 22.5 Å². The van der Waals surface area contributed by atoms with E-state index >= 15 is 0 Å². The number of benzene rings is 1. The van der Waals surface area contributed by atoms with Crippen molar-refractivity contribution in [3.8, 4) is 0 Å². The number of sulfonamides is 1. The summed E-state index contributed by atoms with van der Waals surface area (Å²) in [4.78, 5) is 4.17. The summed E-state index contributed by atoms with van der Waals surface area (Å²) < 4.78 is 25.9. The molecule has 0 radical (unpaired) electrons. The first-order valence-corrected chi connectivity index (χ1v) is 9.27. The number of aromatic nitrogens is 1. The summed E-state index contributed by atoms with van der Waals surface area (Å²) in [5.41, 5.74) is 5.42. The second kappa shape index (κ2) is 7.00. The zero-order valence-corrected chi connectivity index (χ0v) is 14.8. The van der Waals surface area contributed by atoms with Crippen molar-refractivity contribution in [3.63, 3.8) is 0 Å². The lowest BCUT2D eigenvalue weighted by Crippen LogP contribution is -2.16. The van der Waals surface area contributed by atoms with Crippen LogP contribution in [0.15, 0.2) is 30.5 Å². The van der Waals surface area contributed by atoms with Crippen LogP contribution >= 0.6 is 0 Å². The van der Waals surface area contributed by atoms with Crippen LogP contribution in [0, 0.1) is 20.8 Å². The monoisotopic (exact) mass is 333 g/mol. The van der Waals surface area contributed by atoms with Crippen LogP contribution in [0.5, 0.6) is 0 Å². The molecule has 2 N–H and O–H groups in total. The SMILES string of the molecule is CCCS(=O)(=O)Nc1ccc(Nc2c(C)cc(C)cc2C)cn1. The molecule has 0 unspecified atom stereocenters. The van der Waals surface area contributed by atoms with Gasteiger partial charge in [-0.1, -0.05) is 24.6 Å². The lowest BCUT2D eigenvalue weighted by Gasteiger charge is -2.14. The van der Waals surface area contributed by atoms with Crippen LogP contribution < -0.4 is 10.0 Å². The highest BCUT2D eigenvalue weighted by molar-refractivity contribution is 7.92. The molecule has 0 saturated carbocycles. The Balaban J connectivity index is 2.15. The van der Waals surface area contributed by atoms with E-state index in [1.807, 2.05) is 13.0 Å². The second-order valence-electron chi connectivity index (χ2n) is 5.75. The van der Waals surface area contributed by atoms with Gasteiger partial charge >= 0.3 is 0 Å². The molecule has 0 atom stereocenters. The maximum atomic E-state index is 11.7. The molecule has 0 fully saturated rings. The Morgan fingerprint density at radius 1 is 1.09 bits per heavy atom. The van der Waals surface area contributed by atoms with Gasteiger partial charge in [0.05, 0.1) is 17.6 Å². The van der Waals surface area contributed by atoms with E-state index in [9.17, 15) is 8.42 Å². The van der Waals surface area contributed by atoms with Crippen molar-refractivity contribution < 1.29 is 8.42 Å². The fraction of sp³-hybridized carbons (Fsp3) is 0.353. The summed E-state index contributed by atoms with van der Waals surface area (Å²) in [5, 5.41) is 3.34. The van der Waals surface area contributed by atoms with E-state index in [1.54, 1.807) is 12.3 Å². The Morgan fingerprint density at radius 3 is 2.26 bits per heavy atom. The molecule has 6 heteroatoms. The first kappa shape index (κ1) is 17.3. The van der Waals surface area contributed by atoms with E-state index in [-0.39, 0.29) is 5.75 Å². The van der Waals surface area contributed by atoms with Gasteiger partial charge in [0.1, 0.15) is 5.82 Å². The van der Waals surface area contributed by atoms with Gasteiger partial charge in [0.15, 0.2) is 0 Å². The minimum atomic E-state index is -3.31. The van der Waals surface area contributed by atoms with Gasteiger partial charge in [-0.15, -0.1) is 0 Å². The summed E-state index contributed by atoms with van der Waals surface area (Å²) in [6.45, 7) is 8.01. The number of nitrogens with one attached hydrogen (secondary N) is 2. The molecule has 0 saturated heterocycles. The highest BCUT2D eigenvalue weighted by Crippen LogP contribution is 2.26. The van der Waals surface area contributed by atoms with Crippen LogP contribution in [0.1, 0.15) is 30.0 Å².